The van der Waals surface area contributed by atoms with Crippen molar-refractivity contribution in [2.45, 2.75) is 0 Å². The average molecular weight is 701 g/mol. The van der Waals surface area contributed by atoms with Gasteiger partial charge in [-0.05, 0) is 93.7 Å². The highest BCUT2D eigenvalue weighted by Crippen LogP contribution is 2.42. The largest absolute Gasteiger partial charge is 0.454 e. The minimum atomic E-state index is 0.882. The second kappa shape index (κ2) is 11.6. The van der Waals surface area contributed by atoms with E-state index in [0.717, 1.165) is 55.5 Å². The molecule has 256 valence electrons. The Morgan fingerprint density at radius 3 is 1.60 bits per heavy atom. The lowest BCUT2D eigenvalue weighted by molar-refractivity contribution is 0.666. The van der Waals surface area contributed by atoms with Crippen LogP contribution < -0.4 is 0 Å². The van der Waals surface area contributed by atoms with Crippen molar-refractivity contribution in [2.75, 3.05) is 0 Å². The van der Waals surface area contributed by atoms with Crippen LogP contribution in [0.3, 0.4) is 0 Å². The van der Waals surface area contributed by atoms with Gasteiger partial charge in [0.25, 0.3) is 0 Å². The molecule has 0 amide bonds. The van der Waals surface area contributed by atoms with Crippen molar-refractivity contribution in [3.8, 4) is 33.6 Å². The summed E-state index contributed by atoms with van der Waals surface area (Å²) in [7, 11) is 0. The van der Waals surface area contributed by atoms with Crippen molar-refractivity contribution < 1.29 is 4.42 Å². The molecule has 0 radical (unpaired) electrons. The second-order valence-electron chi connectivity index (χ2n) is 14.5. The molecule has 3 aromatic heterocycles. The zero-order chi connectivity index (χ0) is 36.0. The molecule has 3 heteroatoms. The van der Waals surface area contributed by atoms with Crippen LogP contribution in [0.2, 0.25) is 0 Å². The molecule has 0 N–H and O–H groups in total. The number of furan rings is 1. The van der Waals surface area contributed by atoms with Crippen LogP contribution in [0.1, 0.15) is 0 Å². The third-order valence-corrected chi connectivity index (χ3v) is 11.5. The van der Waals surface area contributed by atoms with Crippen molar-refractivity contribution in [1.29, 1.82) is 0 Å². The molecule has 0 atom stereocenters. The van der Waals surface area contributed by atoms with Gasteiger partial charge in [0.1, 0.15) is 5.58 Å². The van der Waals surface area contributed by atoms with Crippen molar-refractivity contribution in [2.24, 2.45) is 0 Å². The van der Waals surface area contributed by atoms with E-state index in [1.165, 1.54) is 54.5 Å². The molecule has 12 aromatic rings. The fourth-order valence-corrected chi connectivity index (χ4v) is 8.93. The van der Waals surface area contributed by atoms with E-state index < -0.39 is 0 Å². The van der Waals surface area contributed by atoms with Crippen LogP contribution in [0.5, 0.6) is 0 Å². The number of benzene rings is 9. The quantitative estimate of drug-likeness (QED) is 0.179. The number of hydrogen-bond donors (Lipinski definition) is 0. The Balaban J connectivity index is 1.13. The molecule has 0 aliphatic heterocycles. The highest BCUT2D eigenvalue weighted by Gasteiger charge is 2.21. The Labute approximate surface area is 316 Å². The van der Waals surface area contributed by atoms with Gasteiger partial charge in [-0.25, -0.2) is 0 Å². The van der Waals surface area contributed by atoms with Gasteiger partial charge in [0.05, 0.1) is 27.8 Å². The fourth-order valence-electron chi connectivity index (χ4n) is 8.93. The van der Waals surface area contributed by atoms with E-state index in [9.17, 15) is 0 Å². The molecule has 3 heterocycles. The van der Waals surface area contributed by atoms with Crippen LogP contribution >= 0.6 is 0 Å². The van der Waals surface area contributed by atoms with Gasteiger partial charge >= 0.3 is 0 Å². The van der Waals surface area contributed by atoms with E-state index in [1.54, 1.807) is 0 Å². The van der Waals surface area contributed by atoms with E-state index in [-0.39, 0.29) is 0 Å². The first-order valence-electron chi connectivity index (χ1n) is 18.8. The van der Waals surface area contributed by atoms with Crippen LogP contribution in [0.4, 0.5) is 0 Å². The third-order valence-electron chi connectivity index (χ3n) is 11.5. The van der Waals surface area contributed by atoms with E-state index in [0.29, 0.717) is 0 Å². The lowest BCUT2D eigenvalue weighted by atomic mass is 9.98. The van der Waals surface area contributed by atoms with Gasteiger partial charge in [0.15, 0.2) is 5.58 Å². The maximum Gasteiger partial charge on any atom is 0.159 e. The predicted molar refractivity (Wildman–Crippen MR) is 231 cm³/mol. The van der Waals surface area contributed by atoms with Crippen LogP contribution in [0.25, 0.3) is 110 Å². The maximum atomic E-state index is 6.79. The third kappa shape index (κ3) is 4.50. The summed E-state index contributed by atoms with van der Waals surface area (Å²) in [5.41, 5.74) is 13.3. The summed E-state index contributed by atoms with van der Waals surface area (Å²) in [4.78, 5) is 0. The fraction of sp³-hybridized carbons (Fsp3) is 0. The molecule has 12 rings (SSSR count). The Hall–Kier alpha value is -7.36. The Morgan fingerprint density at radius 2 is 0.855 bits per heavy atom. The monoisotopic (exact) mass is 700 g/mol. The van der Waals surface area contributed by atoms with E-state index in [4.69, 9.17) is 4.42 Å². The number of para-hydroxylation sites is 4. The molecular formula is C52H32N2O. The van der Waals surface area contributed by atoms with Crippen LogP contribution in [0, 0.1) is 0 Å². The summed E-state index contributed by atoms with van der Waals surface area (Å²) in [6.07, 6.45) is 0. The highest BCUT2D eigenvalue weighted by molar-refractivity contribution is 6.15. The number of aromatic nitrogens is 2. The molecule has 0 spiro atoms. The summed E-state index contributed by atoms with van der Waals surface area (Å²) >= 11 is 0. The average Bonchev–Trinajstić information content (AvgIpc) is 3.91. The normalized spacial score (nSPS) is 12.0. The first kappa shape index (κ1) is 30.1. The minimum absolute atomic E-state index is 0.882. The zero-order valence-electron chi connectivity index (χ0n) is 29.8. The summed E-state index contributed by atoms with van der Waals surface area (Å²) in [5.74, 6) is 0. The smallest absolute Gasteiger partial charge is 0.159 e. The van der Waals surface area contributed by atoms with Gasteiger partial charge in [-0.2, -0.15) is 0 Å². The first-order chi connectivity index (χ1) is 27.3. The molecular weight excluding hydrogens is 669 g/mol. The molecule has 0 saturated heterocycles. The van der Waals surface area contributed by atoms with E-state index in [1.807, 2.05) is 0 Å². The molecule has 9 aromatic carbocycles. The van der Waals surface area contributed by atoms with Crippen molar-refractivity contribution in [3.63, 3.8) is 0 Å². The summed E-state index contributed by atoms with van der Waals surface area (Å²) in [5, 5.41) is 9.61. The summed E-state index contributed by atoms with van der Waals surface area (Å²) < 4.78 is 11.6. The van der Waals surface area contributed by atoms with Crippen LogP contribution in [-0.4, -0.2) is 9.13 Å². The van der Waals surface area contributed by atoms with Gasteiger partial charge in [-0.15, -0.1) is 0 Å². The zero-order valence-corrected chi connectivity index (χ0v) is 29.8. The molecule has 0 saturated carbocycles. The van der Waals surface area contributed by atoms with E-state index in [2.05, 4.69) is 203 Å². The standard InChI is InChI=1S/C52H32N2O/c1-2-14-39(15-3-1)53-46-19-9-6-16-40(46)42-26-24-36(30-48(42)53)37-25-27-43-41-17-7-10-20-47(41)54(49(43)31-37)50-32-38(35-23-22-33-12-4-5-13-34(33)28-35)29-45-44-18-8-11-21-51(44)55-52(45)50/h1-32H. The molecule has 55 heavy (non-hydrogen) atoms. The predicted octanol–water partition coefficient (Wildman–Crippen LogP) is 14.3. The Kier molecular flexibility index (Phi) is 6.34. The van der Waals surface area contributed by atoms with Crippen molar-refractivity contribution in [3.05, 3.63) is 194 Å². The lowest BCUT2D eigenvalue weighted by Crippen LogP contribution is -1.96. The molecule has 0 unspecified atom stereocenters. The number of rotatable bonds is 4. The maximum absolute atomic E-state index is 6.79. The van der Waals surface area contributed by atoms with E-state index >= 15 is 0 Å². The number of hydrogen-bond acceptors (Lipinski definition) is 1. The van der Waals surface area contributed by atoms with Gasteiger partial charge in [0, 0.05) is 38.0 Å². The second-order valence-corrected chi connectivity index (χ2v) is 14.5. The molecule has 0 aliphatic carbocycles. The van der Waals surface area contributed by atoms with Gasteiger partial charge < -0.3 is 13.6 Å². The van der Waals surface area contributed by atoms with Crippen molar-refractivity contribution in [1.82, 2.24) is 9.13 Å². The molecule has 0 aliphatic rings. The molecule has 3 nitrogen and oxygen atoms in total. The lowest BCUT2D eigenvalue weighted by Gasteiger charge is -2.13. The van der Waals surface area contributed by atoms with Gasteiger partial charge in [0.2, 0.25) is 0 Å². The van der Waals surface area contributed by atoms with Crippen molar-refractivity contribution >= 4 is 76.3 Å². The number of nitrogens with zero attached hydrogens (tertiary/aromatic N) is 2. The van der Waals surface area contributed by atoms with Gasteiger partial charge in [-0.1, -0.05) is 133 Å². The minimum Gasteiger partial charge on any atom is -0.454 e. The van der Waals surface area contributed by atoms with Crippen LogP contribution in [-0.2, 0) is 0 Å². The van der Waals surface area contributed by atoms with Gasteiger partial charge in [-0.3, -0.25) is 0 Å². The first-order valence-corrected chi connectivity index (χ1v) is 18.8. The van der Waals surface area contributed by atoms with Crippen LogP contribution in [0.15, 0.2) is 199 Å². The summed E-state index contributed by atoms with van der Waals surface area (Å²) in [6, 6.07) is 70.3. The highest BCUT2D eigenvalue weighted by atomic mass is 16.3. The topological polar surface area (TPSA) is 23.0 Å². The molecule has 0 bridgehead atoms. The Morgan fingerprint density at radius 1 is 0.309 bits per heavy atom. The molecule has 0 fully saturated rings. The Bertz CT molecular complexity index is 3490. The number of fused-ring (bicyclic) bond motifs is 10. The SMILES string of the molecule is c1ccc(-n2c3ccccc3c3ccc(-c4ccc5c6ccccc6n(-c6cc(-c7ccc8ccccc8c7)cc7c6oc6ccccc67)c5c4)cc32)cc1. The summed E-state index contributed by atoms with van der Waals surface area (Å²) in [6.45, 7) is 0.